The van der Waals surface area contributed by atoms with Gasteiger partial charge in [-0.05, 0) is 41.0 Å². The molecule has 174 valence electrons. The lowest BCUT2D eigenvalue weighted by atomic mass is 9.80. The summed E-state index contributed by atoms with van der Waals surface area (Å²) in [6, 6.07) is 21.0. The standard InChI is InChI=1S/C28H23N3O4/c1-34-27(32)24-23(16-7-4-3-5-8-16)20(15-29)26(30)31(25(24)28(33)35-2)21-14-13-18-12-11-17-9-6-10-19(21)22(17)18/h3-10,13-14,23H,11-12,30H2,1-2H3. The Labute approximate surface area is 202 Å². The van der Waals surface area contributed by atoms with Crippen LogP contribution in [0.2, 0.25) is 0 Å². The van der Waals surface area contributed by atoms with Gasteiger partial charge < -0.3 is 15.2 Å². The molecule has 0 saturated carbocycles. The average Bonchev–Trinajstić information content (AvgIpc) is 3.32. The number of methoxy groups -OCH3 is 2. The predicted molar refractivity (Wildman–Crippen MR) is 131 cm³/mol. The fraction of sp³-hybridized carbons (Fsp3) is 0.179. The van der Waals surface area contributed by atoms with Gasteiger partial charge in [0.2, 0.25) is 0 Å². The third-order valence-corrected chi connectivity index (χ3v) is 6.71. The molecule has 0 fully saturated rings. The maximum Gasteiger partial charge on any atom is 0.355 e. The van der Waals surface area contributed by atoms with Crippen LogP contribution in [-0.4, -0.2) is 26.2 Å². The molecule has 1 aliphatic heterocycles. The number of allylic oxidation sites excluding steroid dienone is 1. The topological polar surface area (TPSA) is 106 Å². The highest BCUT2D eigenvalue weighted by Gasteiger charge is 2.43. The van der Waals surface area contributed by atoms with Crippen LogP contribution in [0.1, 0.15) is 22.6 Å². The van der Waals surface area contributed by atoms with Gasteiger partial charge in [-0.3, -0.25) is 4.90 Å². The zero-order valence-electron chi connectivity index (χ0n) is 19.4. The van der Waals surface area contributed by atoms with Gasteiger partial charge in [0, 0.05) is 5.39 Å². The molecule has 0 aromatic heterocycles. The minimum Gasteiger partial charge on any atom is -0.466 e. The SMILES string of the molecule is COC(=O)C1=C(C(=O)OC)N(c2ccc3c4c(cccc24)CC3)C(N)=C(C#N)C1c1ccccc1. The molecule has 3 aromatic rings. The smallest absolute Gasteiger partial charge is 0.355 e. The van der Waals surface area contributed by atoms with Crippen LogP contribution >= 0.6 is 0 Å². The van der Waals surface area contributed by atoms with Crippen LogP contribution in [-0.2, 0) is 31.9 Å². The summed E-state index contributed by atoms with van der Waals surface area (Å²) in [4.78, 5) is 28.0. The lowest BCUT2D eigenvalue weighted by Crippen LogP contribution is -2.40. The van der Waals surface area contributed by atoms with E-state index in [2.05, 4.69) is 12.1 Å². The number of anilines is 1. The molecular weight excluding hydrogens is 442 g/mol. The molecule has 1 aliphatic carbocycles. The number of ether oxygens (including phenoxy) is 2. The summed E-state index contributed by atoms with van der Waals surface area (Å²) >= 11 is 0. The summed E-state index contributed by atoms with van der Waals surface area (Å²) < 4.78 is 10.2. The van der Waals surface area contributed by atoms with E-state index in [0.29, 0.717) is 11.3 Å². The van der Waals surface area contributed by atoms with Crippen LogP contribution < -0.4 is 10.6 Å². The van der Waals surface area contributed by atoms with E-state index in [1.54, 1.807) is 24.3 Å². The van der Waals surface area contributed by atoms with E-state index in [4.69, 9.17) is 15.2 Å². The molecule has 2 aliphatic rings. The van der Waals surface area contributed by atoms with Gasteiger partial charge in [0.1, 0.15) is 11.5 Å². The monoisotopic (exact) mass is 465 g/mol. The zero-order chi connectivity index (χ0) is 24.7. The molecule has 0 saturated heterocycles. The van der Waals surface area contributed by atoms with Crippen LogP contribution in [0.4, 0.5) is 5.69 Å². The van der Waals surface area contributed by atoms with E-state index in [1.165, 1.54) is 30.2 Å². The van der Waals surface area contributed by atoms with Gasteiger partial charge in [0.15, 0.2) is 0 Å². The molecule has 2 N–H and O–H groups in total. The number of carbonyl (C=O) groups excluding carboxylic acids is 2. The summed E-state index contributed by atoms with van der Waals surface area (Å²) in [5.41, 5.74) is 10.4. The average molecular weight is 466 g/mol. The molecule has 7 nitrogen and oxygen atoms in total. The molecule has 35 heavy (non-hydrogen) atoms. The summed E-state index contributed by atoms with van der Waals surface area (Å²) in [6.45, 7) is 0. The fourth-order valence-electron chi connectivity index (χ4n) is 5.19. The van der Waals surface area contributed by atoms with Crippen LogP contribution in [0.5, 0.6) is 0 Å². The molecule has 5 rings (SSSR count). The summed E-state index contributed by atoms with van der Waals surface area (Å²) in [7, 11) is 2.48. The molecule has 3 aromatic carbocycles. The van der Waals surface area contributed by atoms with E-state index >= 15 is 0 Å². The van der Waals surface area contributed by atoms with Gasteiger partial charge in [-0.2, -0.15) is 5.26 Å². The summed E-state index contributed by atoms with van der Waals surface area (Å²) in [6.07, 6.45) is 1.85. The summed E-state index contributed by atoms with van der Waals surface area (Å²) in [5, 5.41) is 12.2. The highest BCUT2D eigenvalue weighted by molar-refractivity contribution is 6.09. The minimum absolute atomic E-state index is 0.000414. The van der Waals surface area contributed by atoms with Crippen molar-refractivity contribution in [1.29, 1.82) is 5.26 Å². The Hall–Kier alpha value is -4.57. The summed E-state index contributed by atoms with van der Waals surface area (Å²) in [5.74, 6) is -2.33. The van der Waals surface area contributed by atoms with Crippen LogP contribution in [0.15, 0.2) is 83.3 Å². The van der Waals surface area contributed by atoms with E-state index in [-0.39, 0.29) is 22.7 Å². The molecule has 0 amide bonds. The van der Waals surface area contributed by atoms with Crippen molar-refractivity contribution in [2.45, 2.75) is 18.8 Å². The minimum atomic E-state index is -0.893. The fourth-order valence-corrected chi connectivity index (χ4v) is 5.19. The maximum atomic E-state index is 13.3. The lowest BCUT2D eigenvalue weighted by Gasteiger charge is -2.36. The van der Waals surface area contributed by atoms with Gasteiger partial charge >= 0.3 is 11.9 Å². The zero-order valence-corrected chi connectivity index (χ0v) is 19.4. The second-order valence-electron chi connectivity index (χ2n) is 8.42. The number of nitrogens with two attached hydrogens (primary N) is 1. The number of hydrogen-bond acceptors (Lipinski definition) is 7. The quantitative estimate of drug-likeness (QED) is 0.584. The molecule has 0 spiro atoms. The third kappa shape index (κ3) is 3.34. The van der Waals surface area contributed by atoms with Crippen molar-refractivity contribution in [2.24, 2.45) is 5.73 Å². The van der Waals surface area contributed by atoms with Crippen LogP contribution in [0.3, 0.4) is 0 Å². The molecule has 0 bridgehead atoms. The van der Waals surface area contributed by atoms with Crippen molar-refractivity contribution in [3.8, 4) is 6.07 Å². The first-order chi connectivity index (χ1) is 17.0. The van der Waals surface area contributed by atoms with Crippen molar-refractivity contribution in [1.82, 2.24) is 0 Å². The Morgan fingerprint density at radius 3 is 2.29 bits per heavy atom. The Morgan fingerprint density at radius 1 is 0.943 bits per heavy atom. The van der Waals surface area contributed by atoms with Crippen molar-refractivity contribution in [3.63, 3.8) is 0 Å². The highest BCUT2D eigenvalue weighted by Crippen LogP contribution is 2.46. The van der Waals surface area contributed by atoms with Crippen molar-refractivity contribution >= 4 is 28.4 Å². The first kappa shape index (κ1) is 22.2. The Bertz CT molecular complexity index is 1470. The Balaban J connectivity index is 1.88. The lowest BCUT2D eigenvalue weighted by molar-refractivity contribution is -0.139. The molecular formula is C28H23N3O4. The number of hydrogen-bond donors (Lipinski definition) is 1. The van der Waals surface area contributed by atoms with Gasteiger partial charge in [-0.25, -0.2) is 9.59 Å². The number of aryl methyl sites for hydroxylation is 2. The predicted octanol–water partition coefficient (Wildman–Crippen LogP) is 3.84. The third-order valence-electron chi connectivity index (χ3n) is 6.71. The number of esters is 2. The largest absolute Gasteiger partial charge is 0.466 e. The van der Waals surface area contributed by atoms with E-state index < -0.39 is 17.9 Å². The van der Waals surface area contributed by atoms with Crippen LogP contribution in [0, 0.1) is 11.3 Å². The molecule has 0 radical (unpaired) electrons. The number of nitrogens with zero attached hydrogens (tertiary/aromatic N) is 2. The van der Waals surface area contributed by atoms with Gasteiger partial charge in [0.05, 0.1) is 43.0 Å². The second kappa shape index (κ2) is 8.65. The Morgan fingerprint density at radius 2 is 1.63 bits per heavy atom. The molecule has 1 unspecified atom stereocenters. The maximum absolute atomic E-state index is 13.3. The van der Waals surface area contributed by atoms with Crippen molar-refractivity contribution < 1.29 is 19.1 Å². The van der Waals surface area contributed by atoms with Crippen molar-refractivity contribution in [3.05, 3.63) is 100 Å². The highest BCUT2D eigenvalue weighted by atomic mass is 16.5. The number of carbonyl (C=O) groups is 2. The second-order valence-corrected chi connectivity index (χ2v) is 8.42. The normalized spacial score (nSPS) is 16.9. The van der Waals surface area contributed by atoms with E-state index in [0.717, 1.165) is 23.6 Å². The van der Waals surface area contributed by atoms with E-state index in [1.807, 2.05) is 30.3 Å². The number of benzene rings is 3. The van der Waals surface area contributed by atoms with Gasteiger partial charge in [0.25, 0.3) is 0 Å². The number of nitriles is 1. The van der Waals surface area contributed by atoms with Gasteiger partial charge in [-0.1, -0.05) is 54.6 Å². The van der Waals surface area contributed by atoms with Crippen LogP contribution in [0.25, 0.3) is 10.8 Å². The van der Waals surface area contributed by atoms with Crippen molar-refractivity contribution in [2.75, 3.05) is 19.1 Å². The number of rotatable bonds is 4. The molecule has 1 atom stereocenters. The van der Waals surface area contributed by atoms with E-state index in [9.17, 15) is 14.9 Å². The Kier molecular flexibility index (Phi) is 5.50. The first-order valence-corrected chi connectivity index (χ1v) is 11.2. The molecule has 1 heterocycles. The first-order valence-electron chi connectivity index (χ1n) is 11.2. The van der Waals surface area contributed by atoms with Gasteiger partial charge in [-0.15, -0.1) is 0 Å². The molecule has 7 heteroatoms.